The Balaban J connectivity index is 1.24. The van der Waals surface area contributed by atoms with Crippen molar-refractivity contribution in [2.24, 2.45) is 0 Å². The van der Waals surface area contributed by atoms with Crippen LogP contribution < -0.4 is 10.7 Å². The second kappa shape index (κ2) is 10.5. The van der Waals surface area contributed by atoms with Gasteiger partial charge in [-0.2, -0.15) is 0 Å². The van der Waals surface area contributed by atoms with E-state index in [1.165, 1.54) is 6.07 Å². The zero-order valence-corrected chi connectivity index (χ0v) is 19.5. The number of benzene rings is 2. The first-order valence-electron chi connectivity index (χ1n) is 10.7. The van der Waals surface area contributed by atoms with Crippen LogP contribution in [0.3, 0.4) is 0 Å². The van der Waals surface area contributed by atoms with Gasteiger partial charge in [0.15, 0.2) is 5.43 Å². The highest BCUT2D eigenvalue weighted by molar-refractivity contribution is 9.10. The number of rotatable bonds is 9. The van der Waals surface area contributed by atoms with Crippen molar-refractivity contribution in [1.82, 2.24) is 25.3 Å². The minimum Gasteiger partial charge on any atom is -0.388 e. The monoisotopic (exact) mass is 509 g/mol. The fourth-order valence-electron chi connectivity index (χ4n) is 3.57. The minimum absolute atomic E-state index is 0.206. The number of carbonyl (C=O) groups excluding carboxylic acids is 1. The third kappa shape index (κ3) is 5.94. The Morgan fingerprint density at radius 1 is 1.18 bits per heavy atom. The van der Waals surface area contributed by atoms with E-state index < -0.39 is 6.10 Å². The number of hydrogen-bond donors (Lipinski definition) is 3. The molecule has 0 saturated heterocycles. The molecule has 1 amide bonds. The molecule has 9 heteroatoms. The van der Waals surface area contributed by atoms with Gasteiger partial charge in [0.1, 0.15) is 5.69 Å². The molecule has 0 saturated carbocycles. The largest absolute Gasteiger partial charge is 0.388 e. The molecule has 0 aliphatic carbocycles. The molecule has 170 valence electrons. The fraction of sp³-hybridized carbons (Fsp3) is 0.250. The van der Waals surface area contributed by atoms with Crippen molar-refractivity contribution < 1.29 is 9.90 Å². The second-order valence-corrected chi connectivity index (χ2v) is 8.70. The number of aliphatic hydroxyl groups is 1. The van der Waals surface area contributed by atoms with Crippen molar-refractivity contribution in [3.63, 3.8) is 0 Å². The maximum absolute atomic E-state index is 12.4. The van der Waals surface area contributed by atoms with Gasteiger partial charge in [-0.05, 0) is 43.0 Å². The number of hydrogen-bond acceptors (Lipinski definition) is 5. The summed E-state index contributed by atoms with van der Waals surface area (Å²) < 4.78 is 2.54. The van der Waals surface area contributed by atoms with Crippen LogP contribution in [0.2, 0.25) is 0 Å². The average molecular weight is 510 g/mol. The number of carbonyl (C=O) groups is 1. The van der Waals surface area contributed by atoms with E-state index in [2.05, 4.69) is 36.5 Å². The molecule has 2 heterocycles. The van der Waals surface area contributed by atoms with Gasteiger partial charge in [-0.3, -0.25) is 14.3 Å². The van der Waals surface area contributed by atoms with Crippen molar-refractivity contribution >= 4 is 32.7 Å². The van der Waals surface area contributed by atoms with Crippen molar-refractivity contribution in [1.29, 1.82) is 0 Å². The Morgan fingerprint density at radius 2 is 2.00 bits per heavy atom. The maximum atomic E-state index is 12.4. The molecule has 1 unspecified atom stereocenters. The van der Waals surface area contributed by atoms with Gasteiger partial charge >= 0.3 is 0 Å². The number of halogens is 1. The number of H-pyrrole nitrogens is 1. The summed E-state index contributed by atoms with van der Waals surface area (Å²) in [6.45, 7) is 1.03. The van der Waals surface area contributed by atoms with Gasteiger partial charge in [0, 0.05) is 40.7 Å². The molecular formula is C24H24BrN5O3. The van der Waals surface area contributed by atoms with Crippen LogP contribution in [-0.4, -0.2) is 37.5 Å². The van der Waals surface area contributed by atoms with Gasteiger partial charge in [-0.25, -0.2) is 0 Å². The smallest absolute Gasteiger partial charge is 0.267 e. The number of aliphatic hydroxyl groups excluding tert-OH is 1. The summed E-state index contributed by atoms with van der Waals surface area (Å²) >= 11 is 3.35. The highest BCUT2D eigenvalue weighted by Crippen LogP contribution is 2.18. The third-order valence-corrected chi connectivity index (χ3v) is 5.82. The third-order valence-electron chi connectivity index (χ3n) is 5.33. The summed E-state index contributed by atoms with van der Waals surface area (Å²) in [5.41, 5.74) is 2.34. The van der Waals surface area contributed by atoms with Crippen LogP contribution in [0.15, 0.2) is 70.1 Å². The summed E-state index contributed by atoms with van der Waals surface area (Å²) in [5.74, 6) is -0.328. The molecule has 0 aliphatic heterocycles. The summed E-state index contributed by atoms with van der Waals surface area (Å²) in [7, 11) is 0. The first-order valence-corrected chi connectivity index (χ1v) is 11.5. The summed E-state index contributed by atoms with van der Waals surface area (Å²) in [6, 6.07) is 16.2. The lowest BCUT2D eigenvalue weighted by Crippen LogP contribution is -2.27. The first-order chi connectivity index (χ1) is 16.0. The predicted octanol–water partition coefficient (Wildman–Crippen LogP) is 3.37. The maximum Gasteiger partial charge on any atom is 0.267 e. The molecule has 1 atom stereocenters. The van der Waals surface area contributed by atoms with Crippen LogP contribution >= 0.6 is 15.9 Å². The van der Waals surface area contributed by atoms with Crippen molar-refractivity contribution in [3.05, 3.63) is 92.4 Å². The molecule has 4 rings (SSSR count). The number of aromatic amines is 1. The van der Waals surface area contributed by atoms with Crippen LogP contribution in [0.4, 0.5) is 0 Å². The van der Waals surface area contributed by atoms with Gasteiger partial charge in [0.05, 0.1) is 11.8 Å². The van der Waals surface area contributed by atoms with E-state index in [-0.39, 0.29) is 17.0 Å². The molecule has 0 spiro atoms. The lowest BCUT2D eigenvalue weighted by Gasteiger charge is -2.09. The number of aromatic nitrogens is 4. The summed E-state index contributed by atoms with van der Waals surface area (Å²) in [5, 5.41) is 21.9. The molecule has 0 fully saturated rings. The standard InChI is InChI=1S/C24H24BrN5O3/c25-17-7-9-20-19(13-17)23(32)14-21(27-20)24(33)26-11-4-12-30-15-18(28-29-30)8-10-22(31)16-5-2-1-3-6-16/h1-3,5-7,9,13-15,22,31H,4,8,10-12H2,(H,26,33)(H,27,32). The first kappa shape index (κ1) is 22.9. The van der Waals surface area contributed by atoms with Crippen molar-refractivity contribution in [3.8, 4) is 0 Å². The highest BCUT2D eigenvalue weighted by Gasteiger charge is 2.11. The van der Waals surface area contributed by atoms with Gasteiger partial charge in [-0.15, -0.1) is 5.10 Å². The minimum atomic E-state index is -0.533. The number of aryl methyl sites for hydroxylation is 2. The van der Waals surface area contributed by atoms with Gasteiger partial charge in [0.25, 0.3) is 5.91 Å². The van der Waals surface area contributed by atoms with E-state index in [1.807, 2.05) is 42.6 Å². The molecule has 2 aromatic carbocycles. The molecule has 0 aliphatic rings. The van der Waals surface area contributed by atoms with E-state index in [0.29, 0.717) is 43.3 Å². The Morgan fingerprint density at radius 3 is 2.82 bits per heavy atom. The van der Waals surface area contributed by atoms with Crippen LogP contribution in [-0.2, 0) is 13.0 Å². The van der Waals surface area contributed by atoms with E-state index in [4.69, 9.17) is 0 Å². The Bertz CT molecular complexity index is 1300. The van der Waals surface area contributed by atoms with Gasteiger partial charge in [-0.1, -0.05) is 51.5 Å². The number of amides is 1. The van der Waals surface area contributed by atoms with E-state index in [9.17, 15) is 14.7 Å². The number of nitrogens with one attached hydrogen (secondary N) is 2. The lowest BCUT2D eigenvalue weighted by molar-refractivity contribution is 0.0948. The summed E-state index contributed by atoms with van der Waals surface area (Å²) in [6.07, 6.45) is 3.18. The van der Waals surface area contributed by atoms with Crippen molar-refractivity contribution in [2.75, 3.05) is 6.54 Å². The van der Waals surface area contributed by atoms with E-state index >= 15 is 0 Å². The Labute approximate surface area is 198 Å². The van der Waals surface area contributed by atoms with Crippen LogP contribution in [0, 0.1) is 0 Å². The van der Waals surface area contributed by atoms with Crippen LogP contribution in [0.1, 0.15) is 40.7 Å². The zero-order valence-electron chi connectivity index (χ0n) is 17.9. The lowest BCUT2D eigenvalue weighted by atomic mass is 10.0. The molecule has 8 nitrogen and oxygen atoms in total. The molecule has 0 radical (unpaired) electrons. The molecule has 0 bridgehead atoms. The van der Waals surface area contributed by atoms with Gasteiger partial charge < -0.3 is 15.4 Å². The fourth-order valence-corrected chi connectivity index (χ4v) is 3.93. The quantitative estimate of drug-likeness (QED) is 0.299. The SMILES string of the molecule is O=C(NCCCn1cc(CCC(O)c2ccccc2)nn1)c1cc(=O)c2cc(Br)ccc2[nH]1. The van der Waals surface area contributed by atoms with Crippen molar-refractivity contribution in [2.45, 2.75) is 31.9 Å². The molecule has 4 aromatic rings. The average Bonchev–Trinajstić information content (AvgIpc) is 3.28. The molecular weight excluding hydrogens is 486 g/mol. The number of pyridine rings is 1. The molecule has 33 heavy (non-hydrogen) atoms. The zero-order chi connectivity index (χ0) is 23.2. The Kier molecular flexibility index (Phi) is 7.31. The van der Waals surface area contributed by atoms with Crippen LogP contribution in [0.25, 0.3) is 10.9 Å². The Hall–Kier alpha value is -3.30. The highest BCUT2D eigenvalue weighted by atomic mass is 79.9. The topological polar surface area (TPSA) is 113 Å². The molecule has 2 aromatic heterocycles. The van der Waals surface area contributed by atoms with Crippen LogP contribution in [0.5, 0.6) is 0 Å². The molecule has 3 N–H and O–H groups in total. The normalized spacial score (nSPS) is 12.1. The summed E-state index contributed by atoms with van der Waals surface area (Å²) in [4.78, 5) is 27.7. The van der Waals surface area contributed by atoms with Gasteiger partial charge in [0.2, 0.25) is 0 Å². The van der Waals surface area contributed by atoms with E-state index in [0.717, 1.165) is 15.7 Å². The number of fused-ring (bicyclic) bond motifs is 1. The predicted molar refractivity (Wildman–Crippen MR) is 129 cm³/mol. The second-order valence-electron chi connectivity index (χ2n) is 7.78. The van der Waals surface area contributed by atoms with E-state index in [1.54, 1.807) is 16.8 Å². The number of nitrogens with zero attached hydrogens (tertiary/aromatic N) is 3.